The van der Waals surface area contributed by atoms with Crippen LogP contribution in [0.25, 0.3) is 11.1 Å². The van der Waals surface area contributed by atoms with Gasteiger partial charge in [0.25, 0.3) is 0 Å². The first-order chi connectivity index (χ1) is 14.4. The highest BCUT2D eigenvalue weighted by molar-refractivity contribution is 5.85. The van der Waals surface area contributed by atoms with E-state index in [9.17, 15) is 14.4 Å². The van der Waals surface area contributed by atoms with Gasteiger partial charge in [-0.2, -0.15) is 0 Å². The van der Waals surface area contributed by atoms with Gasteiger partial charge < -0.3 is 25.6 Å². The number of rotatable bonds is 8. The number of aliphatic hydroxyl groups is 1. The number of aliphatic carboxylic acids is 1. The number of ether oxygens (including phenoxy) is 1. The molecule has 0 bridgehead atoms. The first-order valence-corrected chi connectivity index (χ1v) is 9.65. The van der Waals surface area contributed by atoms with E-state index in [1.807, 2.05) is 48.5 Å². The summed E-state index contributed by atoms with van der Waals surface area (Å²) in [7, 11) is 0. The smallest absolute Gasteiger partial charge is 0.407 e. The van der Waals surface area contributed by atoms with E-state index in [1.54, 1.807) is 0 Å². The van der Waals surface area contributed by atoms with Crippen LogP contribution in [0.15, 0.2) is 48.5 Å². The fourth-order valence-corrected chi connectivity index (χ4v) is 3.48. The Labute approximate surface area is 173 Å². The summed E-state index contributed by atoms with van der Waals surface area (Å²) < 4.78 is 5.39. The van der Waals surface area contributed by atoms with E-state index < -0.39 is 36.5 Å². The van der Waals surface area contributed by atoms with Crippen molar-refractivity contribution in [2.45, 2.75) is 18.9 Å². The lowest BCUT2D eigenvalue weighted by Crippen LogP contribution is -2.47. The van der Waals surface area contributed by atoms with E-state index in [0.29, 0.717) is 0 Å². The number of alkyl carbamates (subject to hydrolysis) is 1. The number of hydrogen-bond donors (Lipinski definition) is 4. The van der Waals surface area contributed by atoms with Crippen molar-refractivity contribution in [1.29, 1.82) is 0 Å². The molecule has 0 heterocycles. The Morgan fingerprint density at radius 3 is 2.13 bits per heavy atom. The third kappa shape index (κ3) is 4.60. The number of amides is 2. The van der Waals surface area contributed by atoms with Gasteiger partial charge in [-0.3, -0.25) is 4.79 Å². The molecule has 0 fully saturated rings. The minimum absolute atomic E-state index is 0.0275. The van der Waals surface area contributed by atoms with Crippen molar-refractivity contribution < 1.29 is 29.3 Å². The molecule has 2 unspecified atom stereocenters. The molecule has 158 valence electrons. The van der Waals surface area contributed by atoms with Crippen LogP contribution in [0.4, 0.5) is 4.79 Å². The van der Waals surface area contributed by atoms with Gasteiger partial charge in [-0.25, -0.2) is 9.59 Å². The average molecular weight is 412 g/mol. The number of benzene rings is 2. The van der Waals surface area contributed by atoms with Crippen LogP contribution in [-0.2, 0) is 14.3 Å². The van der Waals surface area contributed by atoms with Gasteiger partial charge in [0.05, 0.1) is 12.5 Å². The fraction of sp³-hybridized carbons (Fsp3) is 0.318. The molecule has 0 saturated heterocycles. The summed E-state index contributed by atoms with van der Waals surface area (Å²) in [5.74, 6) is -2.68. The maximum absolute atomic E-state index is 12.1. The molecule has 2 aromatic rings. The summed E-state index contributed by atoms with van der Waals surface area (Å²) in [5.41, 5.74) is 4.46. The molecule has 1 aliphatic rings. The topological polar surface area (TPSA) is 125 Å². The van der Waals surface area contributed by atoms with Crippen molar-refractivity contribution in [2.24, 2.45) is 5.92 Å². The second kappa shape index (κ2) is 9.41. The highest BCUT2D eigenvalue weighted by Gasteiger charge is 2.29. The maximum Gasteiger partial charge on any atom is 0.407 e. The predicted molar refractivity (Wildman–Crippen MR) is 109 cm³/mol. The first-order valence-electron chi connectivity index (χ1n) is 9.65. The average Bonchev–Trinajstić information content (AvgIpc) is 3.07. The number of hydrogen-bond acceptors (Lipinski definition) is 5. The number of carboxylic acid groups (broad SMARTS) is 1. The zero-order valence-corrected chi connectivity index (χ0v) is 16.5. The Hall–Kier alpha value is -3.39. The van der Waals surface area contributed by atoms with Crippen molar-refractivity contribution >= 4 is 18.0 Å². The third-order valence-electron chi connectivity index (χ3n) is 5.14. The van der Waals surface area contributed by atoms with Crippen LogP contribution in [0, 0.1) is 5.92 Å². The van der Waals surface area contributed by atoms with Crippen molar-refractivity contribution in [2.75, 3.05) is 19.8 Å². The van der Waals surface area contributed by atoms with Crippen LogP contribution in [0.5, 0.6) is 0 Å². The maximum atomic E-state index is 12.1. The van der Waals surface area contributed by atoms with Gasteiger partial charge in [0, 0.05) is 12.5 Å². The van der Waals surface area contributed by atoms with Gasteiger partial charge in [-0.1, -0.05) is 55.5 Å². The van der Waals surface area contributed by atoms with E-state index in [1.165, 1.54) is 6.92 Å². The lowest BCUT2D eigenvalue weighted by Gasteiger charge is -2.17. The molecule has 8 nitrogen and oxygen atoms in total. The Bertz CT molecular complexity index is 899. The van der Waals surface area contributed by atoms with Crippen LogP contribution in [0.3, 0.4) is 0 Å². The number of carbonyl (C=O) groups excluding carboxylic acids is 2. The van der Waals surface area contributed by atoms with Crippen molar-refractivity contribution in [1.82, 2.24) is 10.6 Å². The highest BCUT2D eigenvalue weighted by Crippen LogP contribution is 2.44. The molecule has 2 aromatic carbocycles. The summed E-state index contributed by atoms with van der Waals surface area (Å²) in [6, 6.07) is 14.6. The molecule has 0 aromatic heterocycles. The summed E-state index contributed by atoms with van der Waals surface area (Å²) in [5, 5.41) is 22.6. The van der Waals surface area contributed by atoms with Gasteiger partial charge >= 0.3 is 12.1 Å². The lowest BCUT2D eigenvalue weighted by molar-refractivity contribution is -0.143. The lowest BCUT2D eigenvalue weighted by atomic mass is 9.98. The SMILES string of the molecule is CC(CNC(=O)OCC1c2ccccc2-c2ccccc21)C(=O)NC(CO)C(=O)O. The highest BCUT2D eigenvalue weighted by atomic mass is 16.5. The van der Waals surface area contributed by atoms with E-state index in [2.05, 4.69) is 10.6 Å². The zero-order valence-electron chi connectivity index (χ0n) is 16.5. The summed E-state index contributed by atoms with van der Waals surface area (Å²) in [6.45, 7) is 0.954. The summed E-state index contributed by atoms with van der Waals surface area (Å²) >= 11 is 0. The minimum Gasteiger partial charge on any atom is -0.480 e. The Kier molecular flexibility index (Phi) is 6.68. The quantitative estimate of drug-likeness (QED) is 0.523. The summed E-state index contributed by atoms with van der Waals surface area (Å²) in [6.07, 6.45) is -0.659. The van der Waals surface area contributed by atoms with Crippen molar-refractivity contribution in [3.63, 3.8) is 0 Å². The molecule has 1 aliphatic carbocycles. The second-order valence-corrected chi connectivity index (χ2v) is 7.19. The third-order valence-corrected chi connectivity index (χ3v) is 5.14. The predicted octanol–water partition coefficient (Wildman–Crippen LogP) is 1.72. The van der Waals surface area contributed by atoms with E-state index in [4.69, 9.17) is 14.9 Å². The van der Waals surface area contributed by atoms with E-state index in [-0.39, 0.29) is 19.1 Å². The molecule has 0 saturated carbocycles. The van der Waals surface area contributed by atoms with Crippen LogP contribution in [0.1, 0.15) is 24.0 Å². The molecule has 0 aliphatic heterocycles. The fourth-order valence-electron chi connectivity index (χ4n) is 3.48. The molecule has 0 radical (unpaired) electrons. The molecule has 8 heteroatoms. The number of aliphatic hydroxyl groups excluding tert-OH is 1. The molecular formula is C22H24N2O6. The molecule has 2 atom stereocenters. The summed E-state index contributed by atoms with van der Waals surface area (Å²) in [4.78, 5) is 35.0. The van der Waals surface area contributed by atoms with Gasteiger partial charge in [-0.15, -0.1) is 0 Å². The van der Waals surface area contributed by atoms with E-state index >= 15 is 0 Å². The standard InChI is InChI=1S/C22H24N2O6/c1-13(20(26)24-19(11-25)21(27)28)10-23-22(29)30-12-18-16-8-4-2-6-14(16)15-7-3-5-9-17(15)18/h2-9,13,18-19,25H,10-12H2,1H3,(H,23,29)(H,24,26)(H,27,28). The molecule has 30 heavy (non-hydrogen) atoms. The molecule has 2 amide bonds. The van der Waals surface area contributed by atoms with Gasteiger partial charge in [0.2, 0.25) is 5.91 Å². The second-order valence-electron chi connectivity index (χ2n) is 7.19. The van der Waals surface area contributed by atoms with Crippen LogP contribution in [-0.4, -0.2) is 54.0 Å². The van der Waals surface area contributed by atoms with Crippen molar-refractivity contribution in [3.05, 3.63) is 59.7 Å². The molecule has 0 spiro atoms. The van der Waals surface area contributed by atoms with Crippen LogP contribution in [0.2, 0.25) is 0 Å². The van der Waals surface area contributed by atoms with Crippen LogP contribution >= 0.6 is 0 Å². The first kappa shape index (κ1) is 21.3. The Morgan fingerprint density at radius 1 is 1.03 bits per heavy atom. The monoisotopic (exact) mass is 412 g/mol. The van der Waals surface area contributed by atoms with Crippen molar-refractivity contribution in [3.8, 4) is 11.1 Å². The van der Waals surface area contributed by atoms with Gasteiger partial charge in [-0.05, 0) is 22.3 Å². The minimum atomic E-state index is -1.38. The van der Waals surface area contributed by atoms with Gasteiger partial charge in [0.1, 0.15) is 12.6 Å². The zero-order chi connectivity index (χ0) is 21.7. The number of nitrogens with one attached hydrogen (secondary N) is 2. The van der Waals surface area contributed by atoms with Gasteiger partial charge in [0.15, 0.2) is 0 Å². The Morgan fingerprint density at radius 2 is 1.60 bits per heavy atom. The normalized spacial score (nSPS) is 14.2. The molecular weight excluding hydrogens is 388 g/mol. The molecule has 4 N–H and O–H groups in total. The Balaban J connectivity index is 1.53. The number of carbonyl (C=O) groups is 3. The number of carboxylic acids is 1. The van der Waals surface area contributed by atoms with E-state index in [0.717, 1.165) is 22.3 Å². The number of fused-ring (bicyclic) bond motifs is 3. The largest absolute Gasteiger partial charge is 0.480 e. The molecule has 3 rings (SSSR count). The van der Waals surface area contributed by atoms with Crippen LogP contribution < -0.4 is 10.6 Å².